The summed E-state index contributed by atoms with van der Waals surface area (Å²) in [6.07, 6.45) is 3.01. The Kier molecular flexibility index (Phi) is 7.71. The van der Waals surface area contributed by atoms with Gasteiger partial charge in [-0.25, -0.2) is 13.4 Å². The van der Waals surface area contributed by atoms with Crippen LogP contribution in [0, 0.1) is 6.92 Å². The summed E-state index contributed by atoms with van der Waals surface area (Å²) in [5.74, 6) is 0.188. The first kappa shape index (κ1) is 24.0. The minimum Gasteiger partial charge on any atom is -0.456 e. The molecular formula is C23H30N2O6S. The van der Waals surface area contributed by atoms with Crippen molar-refractivity contribution in [3.05, 3.63) is 41.9 Å². The average Bonchev–Trinajstić information content (AvgIpc) is 3.37. The van der Waals surface area contributed by atoms with E-state index < -0.39 is 22.4 Å². The second-order valence-corrected chi connectivity index (χ2v) is 10.5. The van der Waals surface area contributed by atoms with Gasteiger partial charge in [0.2, 0.25) is 0 Å². The van der Waals surface area contributed by atoms with Crippen molar-refractivity contribution < 1.29 is 27.2 Å². The van der Waals surface area contributed by atoms with Crippen LogP contribution in [-0.2, 0) is 30.6 Å². The van der Waals surface area contributed by atoms with Crippen molar-refractivity contribution in [2.24, 2.45) is 0 Å². The summed E-state index contributed by atoms with van der Waals surface area (Å²) in [7, 11) is -3.13. The van der Waals surface area contributed by atoms with Gasteiger partial charge in [-0.1, -0.05) is 36.8 Å². The molecule has 8 nitrogen and oxygen atoms in total. The van der Waals surface area contributed by atoms with Crippen LogP contribution in [0.5, 0.6) is 0 Å². The van der Waals surface area contributed by atoms with Gasteiger partial charge >= 0.3 is 5.97 Å². The number of aryl methyl sites for hydroxylation is 2. The van der Waals surface area contributed by atoms with Crippen molar-refractivity contribution in [3.8, 4) is 11.3 Å². The number of rotatable bonds is 9. The lowest BCUT2D eigenvalue weighted by atomic mass is 10.1. The Balaban J connectivity index is 1.50. The number of esters is 1. The highest BCUT2D eigenvalue weighted by atomic mass is 32.2. The molecule has 32 heavy (non-hydrogen) atoms. The topological polar surface area (TPSA) is 107 Å². The summed E-state index contributed by atoms with van der Waals surface area (Å²) >= 11 is 0. The average molecular weight is 463 g/mol. The van der Waals surface area contributed by atoms with Gasteiger partial charge in [-0.2, -0.15) is 0 Å². The van der Waals surface area contributed by atoms with E-state index in [1.165, 1.54) is 0 Å². The van der Waals surface area contributed by atoms with Crippen molar-refractivity contribution in [3.63, 3.8) is 0 Å². The fourth-order valence-electron chi connectivity index (χ4n) is 3.78. The van der Waals surface area contributed by atoms with Crippen molar-refractivity contribution in [1.29, 1.82) is 0 Å². The molecule has 2 atom stereocenters. The van der Waals surface area contributed by atoms with Crippen LogP contribution in [0.3, 0.4) is 0 Å². The van der Waals surface area contributed by atoms with Crippen LogP contribution in [0.4, 0.5) is 0 Å². The summed E-state index contributed by atoms with van der Waals surface area (Å²) in [5, 5.41) is 0. The summed E-state index contributed by atoms with van der Waals surface area (Å²) in [6.45, 7) is 5.41. The van der Waals surface area contributed by atoms with Gasteiger partial charge in [-0.3, -0.25) is 9.59 Å². The van der Waals surface area contributed by atoms with Gasteiger partial charge in [0.25, 0.3) is 5.91 Å². The molecule has 2 heterocycles. The van der Waals surface area contributed by atoms with Crippen LogP contribution < -0.4 is 0 Å². The molecule has 0 spiro atoms. The lowest BCUT2D eigenvalue weighted by Gasteiger charge is -2.33. The molecule has 0 N–H and O–H groups in total. The molecule has 1 aromatic heterocycles. The van der Waals surface area contributed by atoms with Crippen molar-refractivity contribution in [2.45, 2.75) is 58.5 Å². The highest BCUT2D eigenvalue weighted by Gasteiger charge is 2.36. The number of hydrogen-bond donors (Lipinski definition) is 0. The number of carbonyl (C=O) groups is 2. The van der Waals surface area contributed by atoms with Crippen LogP contribution in [-0.4, -0.2) is 60.4 Å². The molecule has 0 radical (unpaired) electrons. The molecule has 9 heteroatoms. The first-order valence-electron chi connectivity index (χ1n) is 10.9. The highest BCUT2D eigenvalue weighted by molar-refractivity contribution is 7.91. The zero-order valence-corrected chi connectivity index (χ0v) is 19.6. The Morgan fingerprint density at radius 2 is 2.00 bits per heavy atom. The highest BCUT2D eigenvalue weighted by Crippen LogP contribution is 2.22. The molecule has 1 amide bonds. The molecule has 1 fully saturated rings. The number of sulfone groups is 1. The van der Waals surface area contributed by atoms with E-state index in [-0.39, 0.29) is 42.3 Å². The molecule has 0 aliphatic carbocycles. The third kappa shape index (κ3) is 6.18. The fraction of sp³-hybridized carbons (Fsp3) is 0.522. The number of nitrogens with zero attached hydrogens (tertiary/aromatic N) is 2. The summed E-state index contributed by atoms with van der Waals surface area (Å²) in [5.41, 5.74) is 2.05. The van der Waals surface area contributed by atoms with E-state index in [0.29, 0.717) is 24.5 Å². The van der Waals surface area contributed by atoms with Crippen molar-refractivity contribution in [1.82, 2.24) is 9.88 Å². The van der Waals surface area contributed by atoms with Crippen LogP contribution in [0.15, 0.2) is 34.9 Å². The van der Waals surface area contributed by atoms with Crippen LogP contribution in [0.2, 0.25) is 0 Å². The standard InChI is InChI=1S/C23H30N2O6S/c1-4-17(3)25(19-11-12-32(28,29)15-19)22(26)14-30-23(27)10-9-21-24-13-20(31-21)18-7-5-16(2)6-8-18/h5-8,13,17,19H,4,9-12,14-15H2,1-3H3. The third-order valence-electron chi connectivity index (χ3n) is 5.74. The Labute approximate surface area is 188 Å². The monoisotopic (exact) mass is 462 g/mol. The second-order valence-electron chi connectivity index (χ2n) is 8.26. The van der Waals surface area contributed by atoms with E-state index in [1.54, 1.807) is 11.1 Å². The Morgan fingerprint density at radius 3 is 2.62 bits per heavy atom. The third-order valence-corrected chi connectivity index (χ3v) is 7.50. The van der Waals surface area contributed by atoms with Crippen LogP contribution in [0.25, 0.3) is 11.3 Å². The smallest absolute Gasteiger partial charge is 0.306 e. The van der Waals surface area contributed by atoms with Gasteiger partial charge < -0.3 is 14.1 Å². The van der Waals surface area contributed by atoms with Gasteiger partial charge in [0.1, 0.15) is 0 Å². The molecule has 1 aliphatic heterocycles. The molecule has 0 saturated carbocycles. The first-order chi connectivity index (χ1) is 15.2. The number of aromatic nitrogens is 1. The number of hydrogen-bond acceptors (Lipinski definition) is 7. The fourth-order valence-corrected chi connectivity index (χ4v) is 5.49. The predicted molar refractivity (Wildman–Crippen MR) is 120 cm³/mol. The Bertz CT molecular complexity index is 1040. The SMILES string of the molecule is CCC(C)N(C(=O)COC(=O)CCc1ncc(-c2ccc(C)cc2)o1)C1CCS(=O)(=O)C1. The summed E-state index contributed by atoms with van der Waals surface area (Å²) in [4.78, 5) is 30.7. The minimum absolute atomic E-state index is 0.0300. The quantitative estimate of drug-likeness (QED) is 0.527. The van der Waals surface area contributed by atoms with Gasteiger partial charge in [-0.15, -0.1) is 0 Å². The molecule has 2 aromatic rings. The van der Waals surface area contributed by atoms with Gasteiger partial charge in [0.05, 0.1) is 24.1 Å². The largest absolute Gasteiger partial charge is 0.456 e. The Hall–Kier alpha value is -2.68. The first-order valence-corrected chi connectivity index (χ1v) is 12.7. The molecule has 174 valence electrons. The van der Waals surface area contributed by atoms with E-state index in [2.05, 4.69) is 4.98 Å². The lowest BCUT2D eigenvalue weighted by Crippen LogP contribution is -2.48. The van der Waals surface area contributed by atoms with E-state index in [4.69, 9.17) is 9.15 Å². The van der Waals surface area contributed by atoms with Crippen LogP contribution >= 0.6 is 0 Å². The second kappa shape index (κ2) is 10.3. The summed E-state index contributed by atoms with van der Waals surface area (Å²) < 4.78 is 34.5. The predicted octanol–water partition coefficient (Wildman–Crippen LogP) is 2.94. The maximum absolute atomic E-state index is 12.7. The number of ether oxygens (including phenoxy) is 1. The molecule has 1 saturated heterocycles. The molecular weight excluding hydrogens is 432 g/mol. The van der Waals surface area contributed by atoms with E-state index >= 15 is 0 Å². The van der Waals surface area contributed by atoms with Gasteiger partial charge in [0.15, 0.2) is 28.1 Å². The number of carbonyl (C=O) groups excluding carboxylic acids is 2. The summed E-state index contributed by atoms with van der Waals surface area (Å²) in [6, 6.07) is 7.35. The molecule has 2 unspecified atom stereocenters. The van der Waals surface area contributed by atoms with E-state index in [0.717, 1.165) is 11.1 Å². The normalized spacial score (nSPS) is 18.3. The maximum Gasteiger partial charge on any atom is 0.306 e. The minimum atomic E-state index is -3.13. The number of amides is 1. The molecule has 1 aromatic carbocycles. The molecule has 1 aliphatic rings. The lowest BCUT2D eigenvalue weighted by molar-refractivity contribution is -0.154. The van der Waals surface area contributed by atoms with Crippen LogP contribution in [0.1, 0.15) is 44.6 Å². The van der Waals surface area contributed by atoms with Crippen molar-refractivity contribution in [2.75, 3.05) is 18.1 Å². The zero-order valence-electron chi connectivity index (χ0n) is 18.7. The number of oxazole rings is 1. The van der Waals surface area contributed by atoms with E-state index in [1.807, 2.05) is 45.0 Å². The maximum atomic E-state index is 12.7. The van der Waals surface area contributed by atoms with Crippen molar-refractivity contribution >= 4 is 21.7 Å². The van der Waals surface area contributed by atoms with Gasteiger partial charge in [0, 0.05) is 24.1 Å². The number of benzene rings is 1. The van der Waals surface area contributed by atoms with Gasteiger partial charge in [-0.05, 0) is 26.7 Å². The van der Waals surface area contributed by atoms with E-state index in [9.17, 15) is 18.0 Å². The zero-order chi connectivity index (χ0) is 23.3. The Morgan fingerprint density at radius 1 is 1.28 bits per heavy atom. The molecule has 3 rings (SSSR count). The molecule has 0 bridgehead atoms.